The zero-order chi connectivity index (χ0) is 13.4. The monoisotopic (exact) mass is 254 g/mol. The van der Waals surface area contributed by atoms with Crippen LogP contribution in [-0.2, 0) is 4.79 Å². The van der Waals surface area contributed by atoms with Gasteiger partial charge in [0.2, 0.25) is 5.91 Å². The van der Waals surface area contributed by atoms with E-state index in [1.54, 1.807) is 0 Å². The second kappa shape index (κ2) is 8.52. The number of nitrogens with zero attached hydrogens (tertiary/aromatic N) is 1. The maximum Gasteiger partial charge on any atom is 0.239 e. The smallest absolute Gasteiger partial charge is 0.239 e. The Morgan fingerprint density at radius 3 is 2.39 bits per heavy atom. The number of carbonyl (C=O) groups excluding carboxylic acids is 1. The van der Waals surface area contributed by atoms with Gasteiger partial charge in [0.05, 0.1) is 6.04 Å². The summed E-state index contributed by atoms with van der Waals surface area (Å²) in [5.41, 5.74) is 0. The Bertz CT molecular complexity index is 235. The molecular formula is C15H30N2O. The standard InChI is InChI=1S/C15H30N2O/c1-13(2)9-5-6-10-16-14(3)15(18)17-11-7-4-8-12-17/h13-14,16H,4-12H2,1-3H3. The van der Waals surface area contributed by atoms with E-state index in [1.807, 2.05) is 11.8 Å². The number of hydrogen-bond donors (Lipinski definition) is 1. The Morgan fingerprint density at radius 1 is 1.11 bits per heavy atom. The van der Waals surface area contributed by atoms with Crippen LogP contribution in [0, 0.1) is 5.92 Å². The third-order valence-corrected chi connectivity index (χ3v) is 3.70. The summed E-state index contributed by atoms with van der Waals surface area (Å²) in [6.45, 7) is 9.40. The highest BCUT2D eigenvalue weighted by Gasteiger charge is 2.21. The number of nitrogens with one attached hydrogen (secondary N) is 1. The molecule has 0 spiro atoms. The van der Waals surface area contributed by atoms with Crippen LogP contribution in [-0.4, -0.2) is 36.5 Å². The molecule has 0 saturated carbocycles. The molecule has 1 aliphatic rings. The lowest BCUT2D eigenvalue weighted by Crippen LogP contribution is -2.47. The quantitative estimate of drug-likeness (QED) is 0.709. The highest BCUT2D eigenvalue weighted by atomic mass is 16.2. The molecule has 0 radical (unpaired) electrons. The lowest BCUT2D eigenvalue weighted by Gasteiger charge is -2.29. The van der Waals surface area contributed by atoms with Crippen molar-refractivity contribution in [3.8, 4) is 0 Å². The Balaban J connectivity index is 2.11. The van der Waals surface area contributed by atoms with E-state index in [0.29, 0.717) is 5.91 Å². The van der Waals surface area contributed by atoms with Gasteiger partial charge in [-0.2, -0.15) is 0 Å². The normalized spacial score (nSPS) is 18.1. The van der Waals surface area contributed by atoms with Crippen molar-refractivity contribution in [2.45, 2.75) is 65.3 Å². The van der Waals surface area contributed by atoms with Crippen molar-refractivity contribution in [1.82, 2.24) is 10.2 Å². The number of piperidine rings is 1. The van der Waals surface area contributed by atoms with E-state index in [4.69, 9.17) is 0 Å². The van der Waals surface area contributed by atoms with Gasteiger partial charge in [0.1, 0.15) is 0 Å². The van der Waals surface area contributed by atoms with Crippen LogP contribution >= 0.6 is 0 Å². The molecule has 0 bridgehead atoms. The van der Waals surface area contributed by atoms with Gasteiger partial charge < -0.3 is 10.2 Å². The number of carbonyl (C=O) groups is 1. The van der Waals surface area contributed by atoms with E-state index < -0.39 is 0 Å². The average molecular weight is 254 g/mol. The molecule has 1 aliphatic heterocycles. The third kappa shape index (κ3) is 5.85. The zero-order valence-electron chi connectivity index (χ0n) is 12.4. The highest BCUT2D eigenvalue weighted by Crippen LogP contribution is 2.10. The Morgan fingerprint density at radius 2 is 1.78 bits per heavy atom. The molecule has 1 heterocycles. The molecule has 1 unspecified atom stereocenters. The molecule has 1 rings (SSSR count). The minimum absolute atomic E-state index is 0.0119. The zero-order valence-corrected chi connectivity index (χ0v) is 12.4. The minimum Gasteiger partial charge on any atom is -0.341 e. The molecule has 3 heteroatoms. The van der Waals surface area contributed by atoms with E-state index in [0.717, 1.165) is 25.6 Å². The Hall–Kier alpha value is -0.570. The summed E-state index contributed by atoms with van der Waals surface area (Å²) in [7, 11) is 0. The first-order valence-electron chi connectivity index (χ1n) is 7.63. The van der Waals surface area contributed by atoms with Crippen LogP contribution in [0.2, 0.25) is 0 Å². The molecule has 1 fully saturated rings. The number of rotatable bonds is 7. The lowest BCUT2D eigenvalue weighted by atomic mass is 10.1. The van der Waals surface area contributed by atoms with Crippen molar-refractivity contribution in [3.63, 3.8) is 0 Å². The van der Waals surface area contributed by atoms with E-state index >= 15 is 0 Å². The van der Waals surface area contributed by atoms with Gasteiger partial charge in [0, 0.05) is 13.1 Å². The van der Waals surface area contributed by atoms with Gasteiger partial charge in [-0.25, -0.2) is 0 Å². The van der Waals surface area contributed by atoms with Crippen LogP contribution in [0.5, 0.6) is 0 Å². The van der Waals surface area contributed by atoms with Gasteiger partial charge >= 0.3 is 0 Å². The fraction of sp³-hybridized carbons (Fsp3) is 0.933. The van der Waals surface area contributed by atoms with Gasteiger partial charge in [0.15, 0.2) is 0 Å². The molecular weight excluding hydrogens is 224 g/mol. The largest absolute Gasteiger partial charge is 0.341 e. The number of amides is 1. The van der Waals surface area contributed by atoms with E-state index in [-0.39, 0.29) is 6.04 Å². The number of likely N-dealkylation sites (tertiary alicyclic amines) is 1. The predicted molar refractivity (Wildman–Crippen MR) is 76.6 cm³/mol. The second-order valence-corrected chi connectivity index (χ2v) is 5.95. The van der Waals surface area contributed by atoms with Crippen molar-refractivity contribution < 1.29 is 4.79 Å². The van der Waals surface area contributed by atoms with Crippen molar-refractivity contribution in [2.24, 2.45) is 5.92 Å². The molecule has 1 atom stereocenters. The second-order valence-electron chi connectivity index (χ2n) is 5.95. The van der Waals surface area contributed by atoms with Crippen LogP contribution in [0.15, 0.2) is 0 Å². The molecule has 0 aromatic rings. The molecule has 18 heavy (non-hydrogen) atoms. The summed E-state index contributed by atoms with van der Waals surface area (Å²) >= 11 is 0. The van der Waals surface area contributed by atoms with Gasteiger partial charge in [-0.15, -0.1) is 0 Å². The SMILES string of the molecule is CC(C)CCCCNC(C)C(=O)N1CCCCC1. The highest BCUT2D eigenvalue weighted by molar-refractivity contribution is 5.81. The van der Waals surface area contributed by atoms with Gasteiger partial charge in [-0.05, 0) is 45.1 Å². The van der Waals surface area contributed by atoms with Crippen molar-refractivity contribution in [1.29, 1.82) is 0 Å². The first kappa shape index (κ1) is 15.5. The van der Waals surface area contributed by atoms with E-state index in [9.17, 15) is 4.79 Å². The summed E-state index contributed by atoms with van der Waals surface area (Å²) in [6, 6.07) is -0.0119. The van der Waals surface area contributed by atoms with Crippen LogP contribution in [0.3, 0.4) is 0 Å². The third-order valence-electron chi connectivity index (χ3n) is 3.70. The minimum atomic E-state index is -0.0119. The lowest BCUT2D eigenvalue weighted by molar-refractivity contribution is -0.133. The maximum absolute atomic E-state index is 12.1. The summed E-state index contributed by atoms with van der Waals surface area (Å²) in [6.07, 6.45) is 7.35. The van der Waals surface area contributed by atoms with Crippen molar-refractivity contribution >= 4 is 5.91 Å². The van der Waals surface area contributed by atoms with E-state index in [2.05, 4.69) is 19.2 Å². The van der Waals surface area contributed by atoms with Crippen LogP contribution < -0.4 is 5.32 Å². The molecule has 0 aromatic carbocycles. The molecule has 1 N–H and O–H groups in total. The van der Waals surface area contributed by atoms with Gasteiger partial charge in [0.25, 0.3) is 0 Å². The van der Waals surface area contributed by atoms with Crippen LogP contribution in [0.25, 0.3) is 0 Å². The van der Waals surface area contributed by atoms with Gasteiger partial charge in [-0.3, -0.25) is 4.79 Å². The summed E-state index contributed by atoms with van der Waals surface area (Å²) in [5.74, 6) is 1.08. The van der Waals surface area contributed by atoms with Crippen molar-refractivity contribution in [2.75, 3.05) is 19.6 Å². The summed E-state index contributed by atoms with van der Waals surface area (Å²) in [4.78, 5) is 14.2. The number of hydrogen-bond acceptors (Lipinski definition) is 2. The van der Waals surface area contributed by atoms with Crippen molar-refractivity contribution in [3.05, 3.63) is 0 Å². The molecule has 1 amide bonds. The number of unbranched alkanes of at least 4 members (excludes halogenated alkanes) is 1. The Kier molecular flexibility index (Phi) is 7.33. The summed E-state index contributed by atoms with van der Waals surface area (Å²) < 4.78 is 0. The summed E-state index contributed by atoms with van der Waals surface area (Å²) in [5, 5.41) is 3.36. The fourth-order valence-corrected chi connectivity index (χ4v) is 2.47. The fourth-order valence-electron chi connectivity index (χ4n) is 2.47. The van der Waals surface area contributed by atoms with Gasteiger partial charge in [-0.1, -0.05) is 26.7 Å². The Labute approximate surface area is 112 Å². The van der Waals surface area contributed by atoms with Crippen LogP contribution in [0.4, 0.5) is 0 Å². The average Bonchev–Trinajstić information content (AvgIpc) is 2.38. The molecule has 1 saturated heterocycles. The molecule has 0 aliphatic carbocycles. The van der Waals surface area contributed by atoms with Crippen LogP contribution in [0.1, 0.15) is 59.3 Å². The van der Waals surface area contributed by atoms with E-state index in [1.165, 1.54) is 38.5 Å². The molecule has 0 aromatic heterocycles. The first-order chi connectivity index (χ1) is 8.61. The first-order valence-corrected chi connectivity index (χ1v) is 7.63. The maximum atomic E-state index is 12.1. The molecule has 106 valence electrons. The topological polar surface area (TPSA) is 32.3 Å². The molecule has 3 nitrogen and oxygen atoms in total. The predicted octanol–water partition coefficient (Wildman–Crippen LogP) is 2.80.